The van der Waals surface area contributed by atoms with Crippen LogP contribution >= 0.6 is 0 Å². The summed E-state index contributed by atoms with van der Waals surface area (Å²) in [5.41, 5.74) is 0.550. The largest absolute Gasteiger partial charge is 0.500 e. The summed E-state index contributed by atoms with van der Waals surface area (Å²) in [7, 11) is 6.85. The van der Waals surface area contributed by atoms with Gasteiger partial charge in [0.25, 0.3) is 0 Å². The summed E-state index contributed by atoms with van der Waals surface area (Å²) in [5, 5.41) is 2.86. The Morgan fingerprint density at radius 2 is 1.59 bits per heavy atom. The first-order valence-corrected chi connectivity index (χ1v) is 9.56. The minimum atomic E-state index is -2.46. The lowest BCUT2D eigenvalue weighted by atomic mass is 10.3. The molecule has 22 heavy (non-hydrogen) atoms. The summed E-state index contributed by atoms with van der Waals surface area (Å²) in [6, 6.07) is 0.810. The van der Waals surface area contributed by atoms with E-state index in [1.807, 2.05) is 0 Å². The SMILES string of the molecule is C=C(C)C(=O)NCCC[N+](C)(C)CCC[Si](OC)(OC)OC. The summed E-state index contributed by atoms with van der Waals surface area (Å²) in [5.74, 6) is -0.0682. The van der Waals surface area contributed by atoms with Crippen LogP contribution in [0.15, 0.2) is 12.2 Å². The predicted octanol–water partition coefficient (Wildman–Crippen LogP) is 1.41. The Morgan fingerprint density at radius 3 is 2.05 bits per heavy atom. The lowest BCUT2D eigenvalue weighted by Gasteiger charge is -2.31. The molecular formula is C15H33N2O4Si+. The predicted molar refractivity (Wildman–Crippen MR) is 90.5 cm³/mol. The van der Waals surface area contributed by atoms with Crippen LogP contribution in [0.4, 0.5) is 0 Å². The van der Waals surface area contributed by atoms with Crippen LogP contribution in [0.1, 0.15) is 19.8 Å². The van der Waals surface area contributed by atoms with Crippen LogP contribution in [0.3, 0.4) is 0 Å². The van der Waals surface area contributed by atoms with Gasteiger partial charge in [0, 0.05) is 52.3 Å². The summed E-state index contributed by atoms with van der Waals surface area (Å²) in [4.78, 5) is 11.4. The van der Waals surface area contributed by atoms with Crippen LogP contribution in [0, 0.1) is 0 Å². The second-order valence-electron chi connectivity index (χ2n) is 6.17. The zero-order valence-corrected chi connectivity index (χ0v) is 16.0. The lowest BCUT2D eigenvalue weighted by Crippen LogP contribution is -2.46. The molecule has 0 bridgehead atoms. The smallest absolute Gasteiger partial charge is 0.377 e. The number of hydrogen-bond donors (Lipinski definition) is 1. The van der Waals surface area contributed by atoms with Crippen LogP contribution in [-0.4, -0.2) is 74.3 Å². The molecule has 0 unspecified atom stereocenters. The standard InChI is InChI=1S/C15H32N2O4Si/c1-14(2)15(18)16-10-8-11-17(3,4)12-9-13-22(19-5,20-6)21-7/h1,8-13H2,2-7H3/p+1. The average molecular weight is 334 g/mol. The molecule has 0 aliphatic carbocycles. The van der Waals surface area contributed by atoms with E-state index in [-0.39, 0.29) is 5.91 Å². The van der Waals surface area contributed by atoms with Crippen LogP contribution in [0.2, 0.25) is 6.04 Å². The van der Waals surface area contributed by atoms with Crippen molar-refractivity contribution in [2.24, 2.45) is 0 Å². The third-order valence-corrected chi connectivity index (χ3v) is 6.62. The molecule has 0 spiro atoms. The van der Waals surface area contributed by atoms with E-state index in [2.05, 4.69) is 26.0 Å². The molecule has 0 fully saturated rings. The second-order valence-corrected chi connectivity index (χ2v) is 9.26. The van der Waals surface area contributed by atoms with E-state index in [0.29, 0.717) is 12.1 Å². The molecule has 0 heterocycles. The van der Waals surface area contributed by atoms with Crippen LogP contribution in [-0.2, 0) is 18.1 Å². The highest BCUT2D eigenvalue weighted by Crippen LogP contribution is 2.16. The molecule has 130 valence electrons. The van der Waals surface area contributed by atoms with Crippen molar-refractivity contribution in [3.8, 4) is 0 Å². The number of amides is 1. The van der Waals surface area contributed by atoms with Gasteiger partial charge in [0.05, 0.1) is 27.2 Å². The van der Waals surface area contributed by atoms with E-state index in [0.717, 1.165) is 36.5 Å². The number of carbonyl (C=O) groups excluding carboxylic acids is 1. The second kappa shape index (κ2) is 10.1. The first-order chi connectivity index (χ1) is 10.2. The summed E-state index contributed by atoms with van der Waals surface area (Å²) < 4.78 is 17.2. The molecular weight excluding hydrogens is 300 g/mol. The fraction of sp³-hybridized carbons (Fsp3) is 0.800. The Labute approximate surface area is 136 Å². The Bertz CT molecular complexity index is 349. The minimum absolute atomic E-state index is 0.0682. The highest BCUT2D eigenvalue weighted by Gasteiger charge is 2.37. The summed E-state index contributed by atoms with van der Waals surface area (Å²) >= 11 is 0. The van der Waals surface area contributed by atoms with Crippen LogP contribution < -0.4 is 5.32 Å². The van der Waals surface area contributed by atoms with Crippen molar-refractivity contribution < 1.29 is 22.6 Å². The average Bonchev–Trinajstić information content (AvgIpc) is 2.48. The third-order valence-electron chi connectivity index (χ3n) is 3.79. The fourth-order valence-corrected chi connectivity index (χ4v) is 3.95. The van der Waals surface area contributed by atoms with Crippen molar-refractivity contribution in [1.82, 2.24) is 5.32 Å². The van der Waals surface area contributed by atoms with Crippen molar-refractivity contribution in [2.45, 2.75) is 25.8 Å². The van der Waals surface area contributed by atoms with Gasteiger partial charge in [0.1, 0.15) is 0 Å². The fourth-order valence-electron chi connectivity index (χ4n) is 2.25. The minimum Gasteiger partial charge on any atom is -0.377 e. The van der Waals surface area contributed by atoms with Gasteiger partial charge in [-0.2, -0.15) is 0 Å². The topological polar surface area (TPSA) is 56.8 Å². The number of nitrogens with zero attached hydrogens (tertiary/aromatic N) is 1. The Balaban J connectivity index is 4.04. The van der Waals surface area contributed by atoms with Crippen LogP contribution in [0.25, 0.3) is 0 Å². The third kappa shape index (κ3) is 8.05. The van der Waals surface area contributed by atoms with Gasteiger partial charge in [-0.25, -0.2) is 0 Å². The first kappa shape index (κ1) is 21.3. The summed E-state index contributed by atoms with van der Waals surface area (Å²) in [6.07, 6.45) is 1.92. The van der Waals surface area contributed by atoms with Crippen molar-refractivity contribution in [3.05, 3.63) is 12.2 Å². The van der Waals surface area contributed by atoms with Gasteiger partial charge in [-0.05, 0) is 6.92 Å². The number of carbonyl (C=O) groups is 1. The van der Waals surface area contributed by atoms with E-state index >= 15 is 0 Å². The molecule has 0 aromatic carbocycles. The molecule has 1 amide bonds. The van der Waals surface area contributed by atoms with Gasteiger partial charge in [-0.15, -0.1) is 0 Å². The molecule has 0 saturated heterocycles. The molecule has 0 aliphatic heterocycles. The van der Waals surface area contributed by atoms with Gasteiger partial charge in [0.2, 0.25) is 5.91 Å². The van der Waals surface area contributed by atoms with Gasteiger partial charge in [-0.1, -0.05) is 6.58 Å². The quantitative estimate of drug-likeness (QED) is 0.254. The van der Waals surface area contributed by atoms with E-state index in [1.54, 1.807) is 28.3 Å². The molecule has 0 radical (unpaired) electrons. The molecule has 0 aliphatic rings. The molecule has 1 N–H and O–H groups in total. The van der Waals surface area contributed by atoms with E-state index in [1.165, 1.54) is 0 Å². The maximum atomic E-state index is 11.4. The Kier molecular flexibility index (Phi) is 9.78. The normalized spacial score (nSPS) is 12.3. The van der Waals surface area contributed by atoms with Crippen molar-refractivity contribution in [1.29, 1.82) is 0 Å². The van der Waals surface area contributed by atoms with Gasteiger partial charge >= 0.3 is 8.80 Å². The van der Waals surface area contributed by atoms with Crippen LogP contribution in [0.5, 0.6) is 0 Å². The highest BCUT2D eigenvalue weighted by atomic mass is 28.4. The van der Waals surface area contributed by atoms with E-state index in [9.17, 15) is 4.79 Å². The molecule has 0 aromatic rings. The molecule has 0 atom stereocenters. The van der Waals surface area contributed by atoms with Crippen molar-refractivity contribution in [3.63, 3.8) is 0 Å². The molecule has 0 saturated carbocycles. The highest BCUT2D eigenvalue weighted by molar-refractivity contribution is 6.60. The number of nitrogens with one attached hydrogen (secondary N) is 1. The monoisotopic (exact) mass is 333 g/mol. The molecule has 0 rings (SSSR count). The van der Waals surface area contributed by atoms with Crippen molar-refractivity contribution >= 4 is 14.7 Å². The van der Waals surface area contributed by atoms with Crippen molar-refractivity contribution in [2.75, 3.05) is 55.1 Å². The molecule has 0 aromatic heterocycles. The van der Waals surface area contributed by atoms with Gasteiger partial charge in [-0.3, -0.25) is 4.79 Å². The Hall–Kier alpha value is -0.733. The molecule has 6 nitrogen and oxygen atoms in total. The first-order valence-electron chi connectivity index (χ1n) is 7.63. The van der Waals surface area contributed by atoms with Gasteiger partial charge in [0.15, 0.2) is 0 Å². The zero-order valence-electron chi connectivity index (χ0n) is 15.0. The maximum Gasteiger partial charge on any atom is 0.500 e. The Morgan fingerprint density at radius 1 is 1.09 bits per heavy atom. The zero-order chi connectivity index (χ0) is 17.2. The van der Waals surface area contributed by atoms with E-state index in [4.69, 9.17) is 13.3 Å². The lowest BCUT2D eigenvalue weighted by molar-refractivity contribution is -0.890. The maximum absolute atomic E-state index is 11.4. The number of hydrogen-bond acceptors (Lipinski definition) is 4. The number of rotatable bonds is 12. The van der Waals surface area contributed by atoms with Gasteiger partial charge < -0.3 is 23.1 Å². The molecule has 7 heteroatoms. The van der Waals surface area contributed by atoms with E-state index < -0.39 is 8.80 Å². The summed E-state index contributed by atoms with van der Waals surface area (Å²) in [6.45, 7) is 8.03. The number of quaternary nitrogens is 1.